The second-order valence-electron chi connectivity index (χ2n) is 5.91. The fraction of sp³-hybridized carbons (Fsp3) is 0.190. The van der Waals surface area contributed by atoms with Crippen molar-refractivity contribution in [2.45, 2.75) is 26.3 Å². The molecule has 0 fully saturated rings. The average molecular weight is 331 g/mol. The van der Waals surface area contributed by atoms with Gasteiger partial charge < -0.3 is 5.32 Å². The van der Waals surface area contributed by atoms with Gasteiger partial charge in [-0.05, 0) is 53.9 Å². The molecule has 0 aliphatic carbocycles. The number of pyridine rings is 2. The van der Waals surface area contributed by atoms with Crippen molar-refractivity contribution in [3.05, 3.63) is 83.8 Å². The molecule has 2 heterocycles. The summed E-state index contributed by atoms with van der Waals surface area (Å²) in [5.74, 6) is -0.0645. The Kier molecular flexibility index (Phi) is 5.52. The van der Waals surface area contributed by atoms with Gasteiger partial charge in [-0.15, -0.1) is 0 Å². The highest BCUT2D eigenvalue weighted by Gasteiger charge is 2.06. The Morgan fingerprint density at radius 1 is 0.960 bits per heavy atom. The number of rotatable bonds is 6. The van der Waals surface area contributed by atoms with E-state index in [1.165, 1.54) is 5.56 Å². The third-order valence-electron chi connectivity index (χ3n) is 4.01. The molecule has 0 radical (unpaired) electrons. The van der Waals surface area contributed by atoms with Crippen LogP contribution in [0.3, 0.4) is 0 Å². The topological polar surface area (TPSA) is 54.9 Å². The highest BCUT2D eigenvalue weighted by Crippen LogP contribution is 2.16. The summed E-state index contributed by atoms with van der Waals surface area (Å²) in [6.07, 6.45) is 7.39. The van der Waals surface area contributed by atoms with Crippen LogP contribution in [-0.2, 0) is 13.0 Å². The van der Waals surface area contributed by atoms with E-state index in [-0.39, 0.29) is 5.91 Å². The van der Waals surface area contributed by atoms with Crippen molar-refractivity contribution in [2.75, 3.05) is 0 Å². The predicted octanol–water partition coefficient (Wildman–Crippen LogP) is 4.03. The Morgan fingerprint density at radius 3 is 2.44 bits per heavy atom. The molecule has 0 bridgehead atoms. The molecule has 0 spiro atoms. The molecule has 4 heteroatoms. The van der Waals surface area contributed by atoms with Gasteiger partial charge in [-0.3, -0.25) is 14.8 Å². The normalized spacial score (nSPS) is 10.4. The van der Waals surface area contributed by atoms with Crippen molar-refractivity contribution in [3.8, 4) is 11.3 Å². The lowest BCUT2D eigenvalue weighted by molar-refractivity contribution is 0.0951. The number of aryl methyl sites for hydroxylation is 1. The molecule has 126 valence electrons. The number of amides is 1. The van der Waals surface area contributed by atoms with Crippen LogP contribution in [0.2, 0.25) is 0 Å². The van der Waals surface area contributed by atoms with Gasteiger partial charge in [0.25, 0.3) is 5.91 Å². The van der Waals surface area contributed by atoms with Gasteiger partial charge in [0.1, 0.15) is 0 Å². The molecular weight excluding hydrogens is 310 g/mol. The minimum atomic E-state index is -0.0645. The molecule has 3 aromatic rings. The molecular formula is C21H21N3O. The van der Waals surface area contributed by atoms with E-state index in [0.29, 0.717) is 12.1 Å². The molecule has 0 aliphatic heterocycles. The maximum Gasteiger partial charge on any atom is 0.251 e. The lowest BCUT2D eigenvalue weighted by atomic mass is 10.1. The summed E-state index contributed by atoms with van der Waals surface area (Å²) in [7, 11) is 0. The van der Waals surface area contributed by atoms with Crippen molar-refractivity contribution in [1.29, 1.82) is 0 Å². The van der Waals surface area contributed by atoms with Crippen molar-refractivity contribution < 1.29 is 4.79 Å². The summed E-state index contributed by atoms with van der Waals surface area (Å²) in [4.78, 5) is 20.7. The summed E-state index contributed by atoms with van der Waals surface area (Å²) in [5, 5.41) is 2.97. The van der Waals surface area contributed by atoms with E-state index in [1.807, 2.05) is 48.5 Å². The predicted molar refractivity (Wildman–Crippen MR) is 99.1 cm³/mol. The summed E-state index contributed by atoms with van der Waals surface area (Å²) >= 11 is 0. The van der Waals surface area contributed by atoms with E-state index in [0.717, 1.165) is 29.7 Å². The second-order valence-corrected chi connectivity index (χ2v) is 5.91. The maximum atomic E-state index is 12.3. The monoisotopic (exact) mass is 331 g/mol. The van der Waals surface area contributed by atoms with Gasteiger partial charge in [-0.25, -0.2) is 0 Å². The lowest BCUT2D eigenvalue weighted by Crippen LogP contribution is -2.22. The fourth-order valence-corrected chi connectivity index (χ4v) is 2.66. The number of carbonyl (C=O) groups excluding carboxylic acids is 1. The van der Waals surface area contributed by atoms with E-state index in [2.05, 4.69) is 22.2 Å². The standard InChI is InChI=1S/C21H21N3O/c1-2-3-16-4-6-19(7-5-16)21(25)24-15-17-8-13-23-20(14-17)18-9-11-22-12-10-18/h4-14H,2-3,15H2,1H3,(H,24,25). The van der Waals surface area contributed by atoms with Gasteiger partial charge in [0, 0.05) is 36.3 Å². The largest absolute Gasteiger partial charge is 0.348 e. The number of hydrogen-bond donors (Lipinski definition) is 1. The van der Waals surface area contributed by atoms with Gasteiger partial charge in [-0.1, -0.05) is 25.5 Å². The molecule has 0 unspecified atom stereocenters. The minimum Gasteiger partial charge on any atom is -0.348 e. The van der Waals surface area contributed by atoms with Gasteiger partial charge in [0.05, 0.1) is 5.69 Å². The number of nitrogens with one attached hydrogen (secondary N) is 1. The Labute approximate surface area is 148 Å². The molecule has 1 aromatic carbocycles. The van der Waals surface area contributed by atoms with E-state index in [1.54, 1.807) is 18.6 Å². The summed E-state index contributed by atoms with van der Waals surface area (Å²) in [6, 6.07) is 15.5. The van der Waals surface area contributed by atoms with E-state index in [9.17, 15) is 4.79 Å². The highest BCUT2D eigenvalue weighted by molar-refractivity contribution is 5.94. The molecule has 1 N–H and O–H groups in total. The van der Waals surface area contributed by atoms with Gasteiger partial charge in [-0.2, -0.15) is 0 Å². The van der Waals surface area contributed by atoms with Crippen molar-refractivity contribution in [1.82, 2.24) is 15.3 Å². The molecule has 1 amide bonds. The van der Waals surface area contributed by atoms with Crippen LogP contribution >= 0.6 is 0 Å². The van der Waals surface area contributed by atoms with E-state index >= 15 is 0 Å². The van der Waals surface area contributed by atoms with Gasteiger partial charge >= 0.3 is 0 Å². The number of nitrogens with zero attached hydrogens (tertiary/aromatic N) is 2. The minimum absolute atomic E-state index is 0.0645. The first-order valence-corrected chi connectivity index (χ1v) is 8.48. The Morgan fingerprint density at radius 2 is 1.72 bits per heavy atom. The zero-order valence-corrected chi connectivity index (χ0v) is 14.3. The molecule has 0 aliphatic rings. The van der Waals surface area contributed by atoms with Crippen LogP contribution in [0, 0.1) is 0 Å². The second kappa shape index (κ2) is 8.20. The Balaban J connectivity index is 1.64. The Hall–Kier alpha value is -3.01. The Bertz CT molecular complexity index is 829. The third-order valence-corrected chi connectivity index (χ3v) is 4.01. The van der Waals surface area contributed by atoms with Crippen LogP contribution in [0.5, 0.6) is 0 Å². The summed E-state index contributed by atoms with van der Waals surface area (Å²) in [5.41, 5.74) is 4.84. The van der Waals surface area contributed by atoms with Gasteiger partial charge in [0.15, 0.2) is 0 Å². The number of aromatic nitrogens is 2. The van der Waals surface area contributed by atoms with Crippen LogP contribution in [0.15, 0.2) is 67.1 Å². The van der Waals surface area contributed by atoms with Crippen molar-refractivity contribution >= 4 is 5.91 Å². The molecule has 0 saturated carbocycles. The van der Waals surface area contributed by atoms with Crippen LogP contribution < -0.4 is 5.32 Å². The van der Waals surface area contributed by atoms with Crippen LogP contribution in [0.4, 0.5) is 0 Å². The number of carbonyl (C=O) groups is 1. The van der Waals surface area contributed by atoms with Gasteiger partial charge in [0.2, 0.25) is 0 Å². The number of hydrogen-bond acceptors (Lipinski definition) is 3. The molecule has 0 saturated heterocycles. The van der Waals surface area contributed by atoms with Crippen molar-refractivity contribution in [3.63, 3.8) is 0 Å². The molecule has 4 nitrogen and oxygen atoms in total. The van der Waals surface area contributed by atoms with Crippen LogP contribution in [0.25, 0.3) is 11.3 Å². The first-order chi connectivity index (χ1) is 12.3. The summed E-state index contributed by atoms with van der Waals surface area (Å²) < 4.78 is 0. The molecule has 3 rings (SSSR count). The SMILES string of the molecule is CCCc1ccc(C(=O)NCc2ccnc(-c3ccncc3)c2)cc1. The lowest BCUT2D eigenvalue weighted by Gasteiger charge is -2.08. The number of benzene rings is 1. The first-order valence-electron chi connectivity index (χ1n) is 8.48. The van der Waals surface area contributed by atoms with Crippen LogP contribution in [0.1, 0.15) is 34.8 Å². The summed E-state index contributed by atoms with van der Waals surface area (Å²) in [6.45, 7) is 2.62. The molecule has 2 aromatic heterocycles. The average Bonchev–Trinajstić information content (AvgIpc) is 2.68. The molecule has 25 heavy (non-hydrogen) atoms. The zero-order chi connectivity index (χ0) is 17.5. The quantitative estimate of drug-likeness (QED) is 0.742. The highest BCUT2D eigenvalue weighted by atomic mass is 16.1. The smallest absolute Gasteiger partial charge is 0.251 e. The van der Waals surface area contributed by atoms with Crippen LogP contribution in [-0.4, -0.2) is 15.9 Å². The van der Waals surface area contributed by atoms with E-state index in [4.69, 9.17) is 0 Å². The van der Waals surface area contributed by atoms with E-state index < -0.39 is 0 Å². The van der Waals surface area contributed by atoms with Crippen molar-refractivity contribution in [2.24, 2.45) is 0 Å². The third kappa shape index (κ3) is 4.51. The first kappa shape index (κ1) is 16.8. The molecule has 0 atom stereocenters. The maximum absolute atomic E-state index is 12.3. The zero-order valence-electron chi connectivity index (χ0n) is 14.3. The fourth-order valence-electron chi connectivity index (χ4n) is 2.66.